The van der Waals surface area contributed by atoms with Gasteiger partial charge >= 0.3 is 0 Å². The first-order chi connectivity index (χ1) is 15.7. The Morgan fingerprint density at radius 3 is 2.50 bits per heavy atom. The van der Waals surface area contributed by atoms with Crippen molar-refractivity contribution in [1.82, 2.24) is 9.88 Å². The summed E-state index contributed by atoms with van der Waals surface area (Å²) in [6, 6.07) is 28.0. The Bertz CT molecular complexity index is 1430. The van der Waals surface area contributed by atoms with Crippen molar-refractivity contribution >= 4 is 32.7 Å². The number of rotatable bonds is 4. The van der Waals surface area contributed by atoms with Gasteiger partial charge in [0, 0.05) is 26.5 Å². The van der Waals surface area contributed by atoms with Crippen molar-refractivity contribution in [2.24, 2.45) is 0 Å². The molecule has 0 aliphatic carbocycles. The van der Waals surface area contributed by atoms with Crippen LogP contribution in [-0.4, -0.2) is 15.8 Å². The van der Waals surface area contributed by atoms with Crippen molar-refractivity contribution in [2.45, 2.75) is 12.6 Å². The second-order valence-corrected chi connectivity index (χ2v) is 8.88. The summed E-state index contributed by atoms with van der Waals surface area (Å²) in [5.74, 6) is 0.787. The van der Waals surface area contributed by atoms with E-state index in [-0.39, 0.29) is 11.9 Å². The summed E-state index contributed by atoms with van der Waals surface area (Å²) in [7, 11) is 0. The van der Waals surface area contributed by atoms with Gasteiger partial charge in [0.2, 0.25) is 0 Å². The van der Waals surface area contributed by atoms with Crippen molar-refractivity contribution < 1.29 is 9.21 Å². The summed E-state index contributed by atoms with van der Waals surface area (Å²) in [6.45, 7) is 0.407. The van der Waals surface area contributed by atoms with Gasteiger partial charge < -0.3 is 14.3 Å². The van der Waals surface area contributed by atoms with E-state index in [0.29, 0.717) is 6.54 Å². The molecule has 1 aliphatic rings. The highest BCUT2D eigenvalue weighted by Crippen LogP contribution is 2.46. The summed E-state index contributed by atoms with van der Waals surface area (Å²) < 4.78 is 6.64. The van der Waals surface area contributed by atoms with Crippen LogP contribution in [0.3, 0.4) is 0 Å². The van der Waals surface area contributed by atoms with E-state index in [4.69, 9.17) is 4.42 Å². The molecular weight excluding hydrogens is 464 g/mol. The lowest BCUT2D eigenvalue weighted by molar-refractivity contribution is 0.0724. The molecule has 1 unspecified atom stereocenters. The van der Waals surface area contributed by atoms with Crippen molar-refractivity contribution in [3.63, 3.8) is 0 Å². The number of fused-ring (bicyclic) bond motifs is 2. The number of furan rings is 1. The smallest absolute Gasteiger partial charge is 0.255 e. The number of aromatic nitrogens is 1. The van der Waals surface area contributed by atoms with Crippen LogP contribution in [0.15, 0.2) is 100 Å². The predicted octanol–water partition coefficient (Wildman–Crippen LogP) is 6.94. The topological polar surface area (TPSA) is 49.2 Å². The van der Waals surface area contributed by atoms with Gasteiger partial charge in [-0.3, -0.25) is 4.79 Å². The van der Waals surface area contributed by atoms with Crippen LogP contribution in [0.25, 0.3) is 22.2 Å². The number of para-hydroxylation sites is 1. The minimum Gasteiger partial charge on any atom is -0.467 e. The molecular formula is C27H19BrN2O2. The molecule has 1 amide bonds. The summed E-state index contributed by atoms with van der Waals surface area (Å²) >= 11 is 3.54. The number of carbonyl (C=O) groups excluding carboxylic acids is 1. The minimum atomic E-state index is -0.224. The zero-order chi connectivity index (χ0) is 21.7. The van der Waals surface area contributed by atoms with Crippen LogP contribution in [0.5, 0.6) is 0 Å². The molecule has 1 N–H and O–H groups in total. The molecule has 2 aromatic heterocycles. The second-order valence-electron chi connectivity index (χ2n) is 7.97. The molecule has 0 fully saturated rings. The molecule has 5 aromatic rings. The first-order valence-electron chi connectivity index (χ1n) is 10.5. The molecule has 6 rings (SSSR count). The number of nitrogens with one attached hydrogen (secondary N) is 1. The van der Waals surface area contributed by atoms with Crippen LogP contribution in [0.1, 0.15) is 33.3 Å². The Kier molecular flexibility index (Phi) is 4.51. The third-order valence-corrected chi connectivity index (χ3v) is 6.65. The number of aromatic amines is 1. The van der Waals surface area contributed by atoms with Crippen LogP contribution < -0.4 is 0 Å². The second kappa shape index (κ2) is 7.53. The number of amides is 1. The van der Waals surface area contributed by atoms with Gasteiger partial charge in [0.1, 0.15) is 5.76 Å². The van der Waals surface area contributed by atoms with Crippen LogP contribution in [0.2, 0.25) is 0 Å². The molecule has 1 atom stereocenters. The Labute approximate surface area is 193 Å². The number of carbonyl (C=O) groups is 1. The van der Waals surface area contributed by atoms with Gasteiger partial charge in [-0.05, 0) is 47.5 Å². The molecule has 156 valence electrons. The third kappa shape index (κ3) is 3.00. The van der Waals surface area contributed by atoms with Gasteiger partial charge in [0.15, 0.2) is 0 Å². The quantitative estimate of drug-likeness (QED) is 0.301. The summed E-state index contributed by atoms with van der Waals surface area (Å²) in [5.41, 5.74) is 6.03. The highest BCUT2D eigenvalue weighted by Gasteiger charge is 2.40. The van der Waals surface area contributed by atoms with Gasteiger partial charge in [0.25, 0.3) is 5.91 Å². The maximum Gasteiger partial charge on any atom is 0.255 e. The van der Waals surface area contributed by atoms with E-state index in [0.717, 1.165) is 49.1 Å². The lowest BCUT2D eigenvalue weighted by Crippen LogP contribution is -2.28. The van der Waals surface area contributed by atoms with Gasteiger partial charge in [-0.25, -0.2) is 0 Å². The number of hydrogen-bond donors (Lipinski definition) is 1. The number of H-pyrrole nitrogens is 1. The Hall–Kier alpha value is -3.57. The molecule has 0 bridgehead atoms. The van der Waals surface area contributed by atoms with Crippen molar-refractivity contribution in [3.8, 4) is 11.3 Å². The average Bonchev–Trinajstić information content (AvgIpc) is 3.53. The fourth-order valence-corrected chi connectivity index (χ4v) is 4.97. The monoisotopic (exact) mass is 482 g/mol. The van der Waals surface area contributed by atoms with Crippen molar-refractivity contribution in [1.29, 1.82) is 0 Å². The van der Waals surface area contributed by atoms with Crippen LogP contribution in [0.4, 0.5) is 0 Å². The summed E-state index contributed by atoms with van der Waals surface area (Å²) in [4.78, 5) is 19.1. The molecule has 0 spiro atoms. The Balaban J connectivity index is 1.61. The van der Waals surface area contributed by atoms with Crippen LogP contribution in [0, 0.1) is 0 Å². The van der Waals surface area contributed by atoms with Gasteiger partial charge in [0.05, 0.1) is 24.5 Å². The minimum absolute atomic E-state index is 0.0223. The van der Waals surface area contributed by atoms with E-state index in [1.807, 2.05) is 59.5 Å². The van der Waals surface area contributed by atoms with E-state index in [1.54, 1.807) is 6.26 Å². The molecule has 1 aliphatic heterocycles. The van der Waals surface area contributed by atoms with E-state index in [2.05, 4.69) is 51.2 Å². The van der Waals surface area contributed by atoms with Crippen molar-refractivity contribution in [3.05, 3.63) is 118 Å². The molecule has 32 heavy (non-hydrogen) atoms. The number of benzene rings is 3. The first-order valence-corrected chi connectivity index (χ1v) is 11.3. The molecule has 0 radical (unpaired) electrons. The molecule has 3 heterocycles. The molecule has 0 saturated heterocycles. The molecule has 3 aromatic carbocycles. The van der Waals surface area contributed by atoms with Crippen molar-refractivity contribution in [2.75, 3.05) is 0 Å². The van der Waals surface area contributed by atoms with Gasteiger partial charge in [-0.15, -0.1) is 0 Å². The molecule has 0 saturated carbocycles. The van der Waals surface area contributed by atoms with Crippen LogP contribution >= 0.6 is 15.9 Å². The fourth-order valence-electron chi connectivity index (χ4n) is 4.71. The normalized spacial score (nSPS) is 15.5. The molecule has 4 nitrogen and oxygen atoms in total. The summed E-state index contributed by atoms with van der Waals surface area (Å²) in [6.07, 6.45) is 1.65. The number of halogens is 1. The highest BCUT2D eigenvalue weighted by atomic mass is 79.9. The van der Waals surface area contributed by atoms with Gasteiger partial charge in [-0.1, -0.05) is 64.5 Å². The third-order valence-electron chi connectivity index (χ3n) is 6.12. The first kappa shape index (κ1) is 19.1. The number of nitrogens with zero attached hydrogens (tertiary/aromatic N) is 1. The fraction of sp³-hybridized carbons (Fsp3) is 0.0741. The SMILES string of the molecule is O=C1c2ccccc2C(c2c(-c3ccc(Br)cc3)[nH]c3ccccc23)N1Cc1ccco1. The zero-order valence-electron chi connectivity index (χ0n) is 17.1. The van der Waals surface area contributed by atoms with E-state index >= 15 is 0 Å². The summed E-state index contributed by atoms with van der Waals surface area (Å²) in [5, 5.41) is 1.12. The molecule has 5 heteroatoms. The Morgan fingerprint density at radius 2 is 1.69 bits per heavy atom. The van der Waals surface area contributed by atoms with Crippen LogP contribution in [-0.2, 0) is 6.54 Å². The number of hydrogen-bond acceptors (Lipinski definition) is 2. The lowest BCUT2D eigenvalue weighted by atomic mass is 9.93. The van der Waals surface area contributed by atoms with E-state index < -0.39 is 0 Å². The van der Waals surface area contributed by atoms with E-state index in [1.165, 1.54) is 0 Å². The maximum atomic E-state index is 13.5. The highest BCUT2D eigenvalue weighted by molar-refractivity contribution is 9.10. The zero-order valence-corrected chi connectivity index (χ0v) is 18.7. The average molecular weight is 483 g/mol. The predicted molar refractivity (Wildman–Crippen MR) is 128 cm³/mol. The van der Waals surface area contributed by atoms with E-state index in [9.17, 15) is 4.79 Å². The standard InChI is InChI=1S/C27H19BrN2O2/c28-18-13-11-17(12-14-18)25-24(22-9-3-4-10-23(22)29-25)26-20-7-1-2-8-21(20)27(31)30(26)16-19-6-5-15-32-19/h1-15,26,29H,16H2. The maximum absolute atomic E-state index is 13.5. The Morgan fingerprint density at radius 1 is 0.906 bits per heavy atom. The largest absolute Gasteiger partial charge is 0.467 e. The van der Waals surface area contributed by atoms with Gasteiger partial charge in [-0.2, -0.15) is 0 Å². The lowest BCUT2D eigenvalue weighted by Gasteiger charge is -2.26.